The summed E-state index contributed by atoms with van der Waals surface area (Å²) < 4.78 is 13.4. The van der Waals surface area contributed by atoms with Crippen LogP contribution >= 0.6 is 22.9 Å². The van der Waals surface area contributed by atoms with E-state index in [1.807, 2.05) is 17.4 Å². The molecule has 1 aliphatic rings. The topological polar surface area (TPSA) is 12.0 Å². The Bertz CT molecular complexity index is 581. The Labute approximate surface area is 121 Å². The molecule has 100 valence electrons. The van der Waals surface area contributed by atoms with E-state index in [2.05, 4.69) is 16.8 Å². The lowest BCUT2D eigenvalue weighted by atomic mass is 9.94. The van der Waals surface area contributed by atoms with Crippen molar-refractivity contribution in [3.8, 4) is 0 Å². The largest absolute Gasteiger partial charge is 0.306 e. The Kier molecular flexibility index (Phi) is 3.87. The van der Waals surface area contributed by atoms with Gasteiger partial charge in [-0.15, -0.1) is 11.3 Å². The summed E-state index contributed by atoms with van der Waals surface area (Å²) in [6.45, 7) is 0.608. The van der Waals surface area contributed by atoms with Crippen molar-refractivity contribution in [3.63, 3.8) is 0 Å². The van der Waals surface area contributed by atoms with E-state index in [-0.39, 0.29) is 10.8 Å². The highest BCUT2D eigenvalue weighted by Gasteiger charge is 2.20. The maximum atomic E-state index is 13.4. The van der Waals surface area contributed by atoms with Crippen molar-refractivity contribution in [1.82, 2.24) is 5.32 Å². The van der Waals surface area contributed by atoms with Gasteiger partial charge in [-0.1, -0.05) is 23.7 Å². The molecule has 1 unspecified atom stereocenters. The van der Waals surface area contributed by atoms with Gasteiger partial charge in [-0.25, -0.2) is 4.39 Å². The molecule has 1 aromatic carbocycles. The molecular formula is C15H15ClFNS. The highest BCUT2D eigenvalue weighted by molar-refractivity contribution is 7.10. The van der Waals surface area contributed by atoms with Crippen molar-refractivity contribution < 1.29 is 4.39 Å². The molecule has 1 aromatic heterocycles. The van der Waals surface area contributed by atoms with Gasteiger partial charge >= 0.3 is 0 Å². The van der Waals surface area contributed by atoms with Gasteiger partial charge in [-0.3, -0.25) is 0 Å². The van der Waals surface area contributed by atoms with E-state index in [4.69, 9.17) is 11.6 Å². The van der Waals surface area contributed by atoms with Crippen LogP contribution in [-0.4, -0.2) is 0 Å². The van der Waals surface area contributed by atoms with Crippen LogP contribution in [0.5, 0.6) is 0 Å². The third-order valence-electron chi connectivity index (χ3n) is 3.62. The highest BCUT2D eigenvalue weighted by atomic mass is 35.5. The number of hydrogen-bond acceptors (Lipinski definition) is 2. The average molecular weight is 296 g/mol. The lowest BCUT2D eigenvalue weighted by molar-refractivity contribution is 0.462. The predicted octanol–water partition coefficient (Wildman–Crippen LogP) is 4.71. The fourth-order valence-corrected chi connectivity index (χ4v) is 3.80. The zero-order valence-corrected chi connectivity index (χ0v) is 12.0. The molecule has 0 saturated heterocycles. The quantitative estimate of drug-likeness (QED) is 0.865. The standard InChI is InChI=1S/C15H15ClFNS/c16-15-10(3-1-4-12(15)17)9-18-13-5-2-6-14-11(13)7-8-19-14/h1,3-4,7-8,13,18H,2,5-6,9H2. The van der Waals surface area contributed by atoms with E-state index in [0.717, 1.165) is 12.0 Å². The Hall–Kier alpha value is -0.900. The van der Waals surface area contributed by atoms with Gasteiger partial charge in [0.05, 0.1) is 5.02 Å². The minimum atomic E-state index is -0.346. The molecule has 4 heteroatoms. The van der Waals surface area contributed by atoms with Crippen molar-refractivity contribution >= 4 is 22.9 Å². The van der Waals surface area contributed by atoms with Crippen LogP contribution in [0, 0.1) is 5.82 Å². The SMILES string of the molecule is Fc1cccc(CNC2CCCc3sccc32)c1Cl. The summed E-state index contributed by atoms with van der Waals surface area (Å²) in [6.07, 6.45) is 3.53. The molecule has 1 nitrogen and oxygen atoms in total. The van der Waals surface area contributed by atoms with Gasteiger partial charge in [0.2, 0.25) is 0 Å². The van der Waals surface area contributed by atoms with Crippen molar-refractivity contribution in [1.29, 1.82) is 0 Å². The molecule has 19 heavy (non-hydrogen) atoms. The number of nitrogens with one attached hydrogen (secondary N) is 1. The first-order chi connectivity index (χ1) is 9.25. The van der Waals surface area contributed by atoms with E-state index in [9.17, 15) is 4.39 Å². The molecule has 2 aromatic rings. The highest BCUT2D eigenvalue weighted by Crippen LogP contribution is 2.33. The van der Waals surface area contributed by atoms with E-state index >= 15 is 0 Å². The first kappa shape index (κ1) is 13.1. The molecule has 1 aliphatic carbocycles. The molecule has 0 saturated carbocycles. The van der Waals surface area contributed by atoms with Crippen molar-refractivity contribution in [2.45, 2.75) is 31.8 Å². The monoisotopic (exact) mass is 295 g/mol. The van der Waals surface area contributed by atoms with Gasteiger partial charge in [0.25, 0.3) is 0 Å². The fraction of sp³-hybridized carbons (Fsp3) is 0.333. The number of benzene rings is 1. The first-order valence-corrected chi connectivity index (χ1v) is 7.74. The molecule has 3 rings (SSSR count). The van der Waals surface area contributed by atoms with Gasteiger partial charge in [-0.05, 0) is 47.9 Å². The van der Waals surface area contributed by atoms with Gasteiger partial charge in [0, 0.05) is 17.5 Å². The predicted molar refractivity (Wildman–Crippen MR) is 78.2 cm³/mol. The first-order valence-electron chi connectivity index (χ1n) is 6.48. The van der Waals surface area contributed by atoms with Gasteiger partial charge in [0.15, 0.2) is 0 Å². The zero-order chi connectivity index (χ0) is 13.2. The van der Waals surface area contributed by atoms with Crippen molar-refractivity contribution in [2.75, 3.05) is 0 Å². The number of halogens is 2. The number of rotatable bonds is 3. The molecular weight excluding hydrogens is 281 g/mol. The van der Waals surface area contributed by atoms with Crippen molar-refractivity contribution in [3.05, 3.63) is 56.5 Å². The summed E-state index contributed by atoms with van der Waals surface area (Å²) in [5, 5.41) is 5.89. The second kappa shape index (κ2) is 5.61. The molecule has 0 fully saturated rings. The Morgan fingerprint density at radius 3 is 3.16 bits per heavy atom. The average Bonchev–Trinajstić information content (AvgIpc) is 2.89. The van der Waals surface area contributed by atoms with Gasteiger partial charge < -0.3 is 5.32 Å². The lowest BCUT2D eigenvalue weighted by Crippen LogP contribution is -2.24. The maximum absolute atomic E-state index is 13.4. The molecule has 0 bridgehead atoms. The summed E-state index contributed by atoms with van der Waals surface area (Å²) >= 11 is 7.81. The number of fused-ring (bicyclic) bond motifs is 1. The molecule has 1 N–H and O–H groups in total. The van der Waals surface area contributed by atoms with E-state index in [0.29, 0.717) is 12.6 Å². The van der Waals surface area contributed by atoms with Crippen molar-refractivity contribution in [2.24, 2.45) is 0 Å². The lowest BCUT2D eigenvalue weighted by Gasteiger charge is -2.24. The molecule has 0 radical (unpaired) electrons. The Morgan fingerprint density at radius 1 is 1.37 bits per heavy atom. The zero-order valence-electron chi connectivity index (χ0n) is 10.5. The molecule has 1 atom stereocenters. The second-order valence-electron chi connectivity index (χ2n) is 4.84. The summed E-state index contributed by atoms with van der Waals surface area (Å²) in [6, 6.07) is 7.53. The van der Waals surface area contributed by atoms with Crippen LogP contribution in [0.15, 0.2) is 29.6 Å². The molecule has 0 spiro atoms. The normalized spacial score (nSPS) is 18.3. The minimum Gasteiger partial charge on any atom is -0.306 e. The fourth-order valence-electron chi connectivity index (χ4n) is 2.62. The van der Waals surface area contributed by atoms with Crippen LogP contribution in [0.2, 0.25) is 5.02 Å². The van der Waals surface area contributed by atoms with E-state index in [1.54, 1.807) is 6.07 Å². The van der Waals surface area contributed by atoms with Crippen LogP contribution in [0.1, 0.15) is 34.9 Å². The van der Waals surface area contributed by atoms with Gasteiger partial charge in [0.1, 0.15) is 5.82 Å². The molecule has 0 amide bonds. The summed E-state index contributed by atoms with van der Waals surface area (Å²) in [4.78, 5) is 1.48. The van der Waals surface area contributed by atoms with E-state index < -0.39 is 0 Å². The number of aryl methyl sites for hydroxylation is 1. The summed E-state index contributed by atoms with van der Waals surface area (Å²) in [5.41, 5.74) is 2.23. The molecule has 1 heterocycles. The Morgan fingerprint density at radius 2 is 2.26 bits per heavy atom. The smallest absolute Gasteiger partial charge is 0.142 e. The van der Waals surface area contributed by atoms with Gasteiger partial charge in [-0.2, -0.15) is 0 Å². The third kappa shape index (κ3) is 2.69. The van der Waals surface area contributed by atoms with Crippen LogP contribution in [-0.2, 0) is 13.0 Å². The van der Waals surface area contributed by atoms with Crippen LogP contribution in [0.3, 0.4) is 0 Å². The maximum Gasteiger partial charge on any atom is 0.142 e. The summed E-state index contributed by atoms with van der Waals surface area (Å²) in [7, 11) is 0. The van der Waals surface area contributed by atoms with Crippen LogP contribution in [0.25, 0.3) is 0 Å². The van der Waals surface area contributed by atoms with E-state index in [1.165, 1.54) is 29.3 Å². The third-order valence-corrected chi connectivity index (χ3v) is 5.04. The number of thiophene rings is 1. The number of hydrogen-bond donors (Lipinski definition) is 1. The minimum absolute atomic E-state index is 0.233. The second-order valence-corrected chi connectivity index (χ2v) is 6.22. The van der Waals surface area contributed by atoms with Crippen LogP contribution in [0.4, 0.5) is 4.39 Å². The summed E-state index contributed by atoms with van der Waals surface area (Å²) in [5.74, 6) is -0.346. The molecule has 0 aliphatic heterocycles. The Balaban J connectivity index is 1.73. The van der Waals surface area contributed by atoms with Crippen LogP contribution < -0.4 is 5.32 Å².